The molecule has 1 atom stereocenters. The second-order valence-electron chi connectivity index (χ2n) is 7.97. The predicted octanol–water partition coefficient (Wildman–Crippen LogP) is 1.76. The average molecular weight is 465 g/mol. The summed E-state index contributed by atoms with van der Waals surface area (Å²) in [7, 11) is -3.55. The third-order valence-corrected chi connectivity index (χ3v) is 8.08. The first-order chi connectivity index (χ1) is 15.1. The van der Waals surface area contributed by atoms with Gasteiger partial charge in [-0.25, -0.2) is 8.42 Å². The minimum atomic E-state index is -4.42. The standard InChI is InChI=1S/C23H23F3N2O3S/c24-23(25,26)20-8-5-17(6-9-20)15-22(29)27-11-13-28(14-12-27)32(30,31)21-10-7-18-3-1-2-4-19(18)16-21/h1-9,16,21H,10-15H2. The predicted molar refractivity (Wildman–Crippen MR) is 115 cm³/mol. The topological polar surface area (TPSA) is 57.7 Å². The molecular formula is C23H23F3N2O3S. The van der Waals surface area contributed by atoms with Crippen LogP contribution in [0.25, 0.3) is 12.2 Å². The molecule has 2 aromatic rings. The van der Waals surface area contributed by atoms with Crippen molar-refractivity contribution in [1.29, 1.82) is 0 Å². The van der Waals surface area contributed by atoms with Crippen LogP contribution in [-0.2, 0) is 27.4 Å². The Morgan fingerprint density at radius 1 is 0.938 bits per heavy atom. The van der Waals surface area contributed by atoms with E-state index in [1.54, 1.807) is 11.0 Å². The van der Waals surface area contributed by atoms with Gasteiger partial charge in [0.15, 0.2) is 0 Å². The number of rotatable bonds is 4. The van der Waals surface area contributed by atoms with Crippen LogP contribution in [0.5, 0.6) is 0 Å². The molecule has 1 heterocycles. The number of sulfonamides is 1. The van der Waals surface area contributed by atoms with E-state index in [1.165, 1.54) is 16.4 Å². The van der Waals surface area contributed by atoms with Gasteiger partial charge >= 0.3 is 6.18 Å². The summed E-state index contributed by atoms with van der Waals surface area (Å²) in [5.41, 5.74) is -0.268. The Hall–Kier alpha value is -2.65. The highest BCUT2D eigenvalue weighted by Gasteiger charge is 2.34. The van der Waals surface area contributed by atoms with Crippen LogP contribution in [0, 0.1) is 0 Å². The van der Waals surface area contributed by atoms with Gasteiger partial charge in [-0.3, -0.25) is 4.79 Å². The number of nitrogens with zero attached hydrogens (tertiary/aromatic N) is 2. The fourth-order valence-corrected chi connectivity index (χ4v) is 5.76. The van der Waals surface area contributed by atoms with E-state index in [2.05, 4.69) is 0 Å². The Labute approximate surface area is 184 Å². The summed E-state index contributed by atoms with van der Waals surface area (Å²) in [6.45, 7) is 0.914. The molecule has 0 radical (unpaired) electrons. The molecule has 0 N–H and O–H groups in total. The fourth-order valence-electron chi connectivity index (χ4n) is 4.05. The first-order valence-corrected chi connectivity index (χ1v) is 11.8. The zero-order valence-corrected chi connectivity index (χ0v) is 18.1. The van der Waals surface area contributed by atoms with E-state index >= 15 is 0 Å². The second-order valence-corrected chi connectivity index (χ2v) is 10.1. The molecule has 0 bridgehead atoms. The van der Waals surface area contributed by atoms with Crippen LogP contribution >= 0.6 is 0 Å². The highest BCUT2D eigenvalue weighted by atomic mass is 32.2. The van der Waals surface area contributed by atoms with E-state index in [0.29, 0.717) is 12.0 Å². The summed E-state index contributed by atoms with van der Waals surface area (Å²) < 4.78 is 65.7. The lowest BCUT2D eigenvalue weighted by atomic mass is 10.1. The van der Waals surface area contributed by atoms with Gasteiger partial charge in [-0.05, 0) is 34.6 Å². The first kappa shape index (κ1) is 22.5. The van der Waals surface area contributed by atoms with Crippen LogP contribution in [0.4, 0.5) is 13.2 Å². The van der Waals surface area contributed by atoms with Gasteiger partial charge in [0.1, 0.15) is 0 Å². The molecule has 0 spiro atoms. The van der Waals surface area contributed by atoms with Crippen molar-refractivity contribution in [3.8, 4) is 0 Å². The highest BCUT2D eigenvalue weighted by Crippen LogP contribution is 2.29. The number of carbonyl (C=O) groups excluding carboxylic acids is 1. The van der Waals surface area contributed by atoms with Gasteiger partial charge in [-0.1, -0.05) is 48.6 Å². The maximum absolute atomic E-state index is 13.1. The summed E-state index contributed by atoms with van der Waals surface area (Å²) in [5, 5.41) is 1.29. The van der Waals surface area contributed by atoms with Gasteiger partial charge < -0.3 is 4.90 Å². The third kappa shape index (κ3) is 4.73. The van der Waals surface area contributed by atoms with E-state index < -0.39 is 27.0 Å². The van der Waals surface area contributed by atoms with Crippen molar-refractivity contribution < 1.29 is 26.4 Å². The summed E-state index contributed by atoms with van der Waals surface area (Å²) >= 11 is 0. The smallest absolute Gasteiger partial charge is 0.340 e. The third-order valence-electron chi connectivity index (χ3n) is 5.90. The lowest BCUT2D eigenvalue weighted by Crippen LogP contribution is -2.53. The number of piperazine rings is 1. The number of hydrogen-bond acceptors (Lipinski definition) is 3. The molecule has 2 aliphatic rings. The van der Waals surface area contributed by atoms with Gasteiger partial charge in [0, 0.05) is 26.2 Å². The Morgan fingerprint density at radius 2 is 1.56 bits per heavy atom. The van der Waals surface area contributed by atoms with Crippen molar-refractivity contribution in [2.24, 2.45) is 0 Å². The van der Waals surface area contributed by atoms with Crippen molar-refractivity contribution >= 4 is 28.1 Å². The molecule has 0 aromatic heterocycles. The van der Waals surface area contributed by atoms with E-state index in [1.807, 2.05) is 30.3 Å². The number of alkyl halides is 3. The Balaban J connectivity index is 1.36. The monoisotopic (exact) mass is 464 g/mol. The molecule has 1 aliphatic heterocycles. The Kier molecular flexibility index (Phi) is 6.13. The van der Waals surface area contributed by atoms with Crippen LogP contribution in [0.15, 0.2) is 48.5 Å². The maximum atomic E-state index is 13.1. The van der Waals surface area contributed by atoms with Crippen molar-refractivity contribution in [3.63, 3.8) is 0 Å². The van der Waals surface area contributed by atoms with Crippen molar-refractivity contribution in [3.05, 3.63) is 70.1 Å². The molecule has 1 saturated heterocycles. The van der Waals surface area contributed by atoms with Gasteiger partial charge in [0.2, 0.25) is 15.9 Å². The minimum Gasteiger partial charge on any atom is -0.340 e. The average Bonchev–Trinajstić information content (AvgIpc) is 2.78. The van der Waals surface area contributed by atoms with Crippen LogP contribution in [0.1, 0.15) is 17.5 Å². The molecule has 5 nitrogen and oxygen atoms in total. The maximum Gasteiger partial charge on any atom is 0.416 e. The van der Waals surface area contributed by atoms with Crippen molar-refractivity contribution in [2.75, 3.05) is 26.2 Å². The minimum absolute atomic E-state index is 0.0208. The Morgan fingerprint density at radius 3 is 2.19 bits per heavy atom. The van der Waals surface area contributed by atoms with E-state index in [9.17, 15) is 26.4 Å². The summed E-state index contributed by atoms with van der Waals surface area (Å²) in [6.07, 6.45) is -0.312. The molecule has 1 amide bonds. The van der Waals surface area contributed by atoms with Crippen LogP contribution in [0.2, 0.25) is 0 Å². The molecule has 1 fully saturated rings. The van der Waals surface area contributed by atoms with Gasteiger partial charge in [0.05, 0.1) is 17.2 Å². The molecule has 0 saturated carbocycles. The van der Waals surface area contributed by atoms with E-state index in [0.717, 1.165) is 22.6 Å². The molecule has 9 heteroatoms. The number of fused-ring (bicyclic) bond motifs is 1. The lowest BCUT2D eigenvalue weighted by Gasteiger charge is -2.35. The number of amides is 1. The molecule has 1 aliphatic carbocycles. The number of halogens is 3. The van der Waals surface area contributed by atoms with Gasteiger partial charge in [-0.15, -0.1) is 0 Å². The van der Waals surface area contributed by atoms with Crippen molar-refractivity contribution in [1.82, 2.24) is 9.21 Å². The van der Waals surface area contributed by atoms with Crippen LogP contribution < -0.4 is 10.4 Å². The van der Waals surface area contributed by atoms with Gasteiger partial charge in [-0.2, -0.15) is 17.5 Å². The van der Waals surface area contributed by atoms with Crippen LogP contribution in [0.3, 0.4) is 0 Å². The van der Waals surface area contributed by atoms with E-state index in [-0.39, 0.29) is 38.5 Å². The Bertz CT molecular complexity index is 1220. The number of carbonyl (C=O) groups is 1. The summed E-state index contributed by atoms with van der Waals surface area (Å²) in [4.78, 5) is 14.1. The fraction of sp³-hybridized carbons (Fsp3) is 0.348. The largest absolute Gasteiger partial charge is 0.416 e. The SMILES string of the molecule is O=C(Cc1ccc(C(F)(F)F)cc1)N1CCN(S(=O)(=O)C2C=c3ccccc3=CC2)CC1. The van der Waals surface area contributed by atoms with E-state index in [4.69, 9.17) is 0 Å². The van der Waals surface area contributed by atoms with Gasteiger partial charge in [0.25, 0.3) is 0 Å². The zero-order valence-electron chi connectivity index (χ0n) is 17.3. The normalized spacial score (nSPS) is 19.6. The summed E-state index contributed by atoms with van der Waals surface area (Å²) in [6, 6.07) is 12.2. The molecule has 2 aromatic carbocycles. The zero-order chi connectivity index (χ0) is 22.9. The molecule has 1 unspecified atom stereocenters. The first-order valence-electron chi connectivity index (χ1n) is 10.3. The number of benzene rings is 2. The molecule has 4 rings (SSSR count). The molecule has 32 heavy (non-hydrogen) atoms. The summed E-state index contributed by atoms with van der Waals surface area (Å²) in [5.74, 6) is -0.228. The molecule has 170 valence electrons. The molecular weight excluding hydrogens is 441 g/mol. The number of hydrogen-bond donors (Lipinski definition) is 0. The second kappa shape index (κ2) is 8.71. The quantitative estimate of drug-likeness (QED) is 0.693. The van der Waals surface area contributed by atoms with Crippen molar-refractivity contribution in [2.45, 2.75) is 24.3 Å². The highest BCUT2D eigenvalue weighted by molar-refractivity contribution is 7.90. The van der Waals surface area contributed by atoms with Crippen LogP contribution in [-0.4, -0.2) is 55.0 Å². The lowest BCUT2D eigenvalue weighted by molar-refractivity contribution is -0.137.